The second kappa shape index (κ2) is 6.57. The van der Waals surface area contributed by atoms with Crippen molar-refractivity contribution in [2.24, 2.45) is 28.6 Å². The zero-order valence-electron chi connectivity index (χ0n) is 17.5. The first-order valence-corrected chi connectivity index (χ1v) is 11.0. The van der Waals surface area contributed by atoms with E-state index in [0.29, 0.717) is 30.3 Å². The molecule has 4 nitrogen and oxygen atoms in total. The minimum atomic E-state index is -0.145. The van der Waals surface area contributed by atoms with Crippen LogP contribution in [-0.4, -0.2) is 30.1 Å². The lowest BCUT2D eigenvalue weighted by Crippen LogP contribution is -2.30. The van der Waals surface area contributed by atoms with Gasteiger partial charge >= 0.3 is 5.97 Å². The highest BCUT2D eigenvalue weighted by atomic mass is 16.6. The maximum atomic E-state index is 12.6. The predicted octanol–water partition coefficient (Wildman–Crippen LogP) is 4.69. The predicted molar refractivity (Wildman–Crippen MR) is 103 cm³/mol. The van der Waals surface area contributed by atoms with E-state index in [-0.39, 0.29) is 28.8 Å². The average molecular weight is 377 g/mol. The fourth-order valence-electron chi connectivity index (χ4n) is 5.42. The molecule has 1 heterocycles. The Balaban J connectivity index is 1.17. The molecule has 152 valence electrons. The molecule has 0 N–H and O–H groups in total. The average Bonchev–Trinajstić information content (AvgIpc) is 3.49. The molecule has 4 aliphatic rings. The van der Waals surface area contributed by atoms with Crippen molar-refractivity contribution in [2.75, 3.05) is 6.61 Å². The number of fused-ring (bicyclic) bond motifs is 2. The molecule has 1 saturated heterocycles. The number of epoxide rings is 1. The Hall–Kier alpha value is -0.900. The van der Waals surface area contributed by atoms with E-state index in [1.165, 1.54) is 12.8 Å². The standard InChI is InChI=1S/C23H36O4/c1-21(2,8-7-18(24)15-6-10-23(4)19(12-15)27-23)14-26-20(25)16-5-9-22(3)13-17(22)11-16/h15-17,19H,5-14H2,1-4H3. The van der Waals surface area contributed by atoms with E-state index in [0.717, 1.165) is 44.4 Å². The van der Waals surface area contributed by atoms with Gasteiger partial charge in [0.25, 0.3) is 0 Å². The van der Waals surface area contributed by atoms with Crippen molar-refractivity contribution < 1.29 is 19.1 Å². The zero-order chi connectivity index (χ0) is 19.4. The van der Waals surface area contributed by atoms with Crippen LogP contribution in [0.15, 0.2) is 0 Å². The summed E-state index contributed by atoms with van der Waals surface area (Å²) in [5.41, 5.74) is 0.451. The maximum Gasteiger partial charge on any atom is 0.308 e. The van der Waals surface area contributed by atoms with Crippen LogP contribution in [0.4, 0.5) is 0 Å². The Labute approximate surface area is 163 Å². The summed E-state index contributed by atoms with van der Waals surface area (Å²) in [7, 11) is 0. The summed E-state index contributed by atoms with van der Waals surface area (Å²) in [6.45, 7) is 9.14. The molecule has 0 aromatic carbocycles. The van der Waals surface area contributed by atoms with Gasteiger partial charge in [-0.3, -0.25) is 9.59 Å². The molecular weight excluding hydrogens is 340 g/mol. The number of hydrogen-bond acceptors (Lipinski definition) is 4. The smallest absolute Gasteiger partial charge is 0.308 e. The summed E-state index contributed by atoms with van der Waals surface area (Å²) in [6, 6.07) is 0. The Morgan fingerprint density at radius 3 is 2.56 bits per heavy atom. The molecule has 6 atom stereocenters. The molecule has 0 aromatic heterocycles. The van der Waals surface area contributed by atoms with Gasteiger partial charge in [0.2, 0.25) is 0 Å². The second-order valence-electron chi connectivity index (χ2n) is 11.2. The van der Waals surface area contributed by atoms with Crippen LogP contribution in [-0.2, 0) is 19.1 Å². The monoisotopic (exact) mass is 376 g/mol. The minimum absolute atomic E-state index is 0.0131. The van der Waals surface area contributed by atoms with Crippen molar-refractivity contribution in [1.82, 2.24) is 0 Å². The van der Waals surface area contributed by atoms with Crippen molar-refractivity contribution in [2.45, 2.75) is 97.2 Å². The van der Waals surface area contributed by atoms with Gasteiger partial charge in [-0.15, -0.1) is 0 Å². The van der Waals surface area contributed by atoms with Gasteiger partial charge in [-0.25, -0.2) is 0 Å². The van der Waals surface area contributed by atoms with Crippen LogP contribution in [0.3, 0.4) is 0 Å². The Kier molecular flexibility index (Phi) is 4.73. The van der Waals surface area contributed by atoms with Crippen LogP contribution in [0.25, 0.3) is 0 Å². The van der Waals surface area contributed by atoms with Crippen molar-refractivity contribution >= 4 is 11.8 Å². The van der Waals surface area contributed by atoms with Gasteiger partial charge in [0.05, 0.1) is 24.2 Å². The summed E-state index contributed by atoms with van der Waals surface area (Å²) in [4.78, 5) is 25.1. The first-order chi connectivity index (χ1) is 12.6. The molecule has 27 heavy (non-hydrogen) atoms. The van der Waals surface area contributed by atoms with Crippen LogP contribution in [0, 0.1) is 28.6 Å². The van der Waals surface area contributed by atoms with Crippen molar-refractivity contribution in [1.29, 1.82) is 0 Å². The summed E-state index contributed by atoms with van der Waals surface area (Å²) >= 11 is 0. The number of ketones is 1. The van der Waals surface area contributed by atoms with Crippen LogP contribution in [0.2, 0.25) is 0 Å². The van der Waals surface area contributed by atoms with Gasteiger partial charge in [-0.1, -0.05) is 20.8 Å². The highest BCUT2D eigenvalue weighted by Gasteiger charge is 2.56. The Bertz CT molecular complexity index is 574. The fourth-order valence-corrected chi connectivity index (χ4v) is 5.42. The summed E-state index contributed by atoms with van der Waals surface area (Å²) in [5, 5.41) is 0. The third-order valence-corrected chi connectivity index (χ3v) is 8.14. The van der Waals surface area contributed by atoms with Gasteiger partial charge in [0.1, 0.15) is 5.78 Å². The Morgan fingerprint density at radius 2 is 1.85 bits per heavy atom. The number of Topliss-reactive ketones (excluding diaryl/α,β-unsaturated/α-hetero) is 1. The molecule has 3 aliphatic carbocycles. The highest BCUT2D eigenvalue weighted by Crippen LogP contribution is 2.62. The first kappa shape index (κ1) is 19.4. The lowest BCUT2D eigenvalue weighted by molar-refractivity contribution is -0.153. The van der Waals surface area contributed by atoms with E-state index in [2.05, 4.69) is 27.7 Å². The van der Waals surface area contributed by atoms with E-state index in [4.69, 9.17) is 9.47 Å². The van der Waals surface area contributed by atoms with Gasteiger partial charge in [-0.2, -0.15) is 0 Å². The van der Waals surface area contributed by atoms with E-state index in [9.17, 15) is 9.59 Å². The van der Waals surface area contributed by atoms with Crippen LogP contribution in [0.1, 0.15) is 85.5 Å². The number of hydrogen-bond donors (Lipinski definition) is 0. The van der Waals surface area contributed by atoms with Crippen LogP contribution >= 0.6 is 0 Å². The summed E-state index contributed by atoms with van der Waals surface area (Å²) < 4.78 is 11.4. The molecule has 0 amide bonds. The molecule has 4 fully saturated rings. The Morgan fingerprint density at radius 1 is 1.11 bits per heavy atom. The van der Waals surface area contributed by atoms with Crippen molar-refractivity contribution in [3.05, 3.63) is 0 Å². The van der Waals surface area contributed by atoms with E-state index >= 15 is 0 Å². The summed E-state index contributed by atoms with van der Waals surface area (Å²) in [6.07, 6.45) is 8.99. The second-order valence-corrected chi connectivity index (χ2v) is 11.2. The SMILES string of the molecule is CC(C)(CCC(=O)C1CCC2(C)OC2C1)COC(=O)C1CCC2(C)CC2C1. The topological polar surface area (TPSA) is 55.9 Å². The molecule has 4 heteroatoms. The number of carbonyl (C=O) groups is 2. The number of ether oxygens (including phenoxy) is 2. The number of rotatable bonds is 7. The lowest BCUT2D eigenvalue weighted by Gasteiger charge is -2.28. The third-order valence-electron chi connectivity index (χ3n) is 8.14. The molecule has 1 aliphatic heterocycles. The number of carbonyl (C=O) groups excluding carboxylic acids is 2. The molecule has 3 saturated carbocycles. The van der Waals surface area contributed by atoms with Gasteiger partial charge in [0, 0.05) is 12.3 Å². The molecule has 4 rings (SSSR count). The third kappa shape index (κ3) is 4.11. The van der Waals surface area contributed by atoms with Crippen LogP contribution < -0.4 is 0 Å². The molecule has 0 radical (unpaired) electrons. The van der Waals surface area contributed by atoms with Gasteiger partial charge in [-0.05, 0) is 75.0 Å². The highest BCUT2D eigenvalue weighted by molar-refractivity contribution is 5.81. The number of esters is 1. The van der Waals surface area contributed by atoms with Crippen molar-refractivity contribution in [3.63, 3.8) is 0 Å². The largest absolute Gasteiger partial charge is 0.465 e. The quantitative estimate of drug-likeness (QED) is 0.478. The van der Waals surface area contributed by atoms with Gasteiger partial charge < -0.3 is 9.47 Å². The van der Waals surface area contributed by atoms with Crippen LogP contribution in [0.5, 0.6) is 0 Å². The fraction of sp³-hybridized carbons (Fsp3) is 0.913. The normalized spacial score (nSPS) is 42.7. The van der Waals surface area contributed by atoms with E-state index in [1.807, 2.05) is 0 Å². The molecule has 0 spiro atoms. The lowest BCUT2D eigenvalue weighted by atomic mass is 9.78. The zero-order valence-corrected chi connectivity index (χ0v) is 17.5. The van der Waals surface area contributed by atoms with E-state index in [1.54, 1.807) is 0 Å². The molecular formula is C23H36O4. The molecule has 0 bridgehead atoms. The maximum absolute atomic E-state index is 12.6. The first-order valence-electron chi connectivity index (χ1n) is 11.0. The molecule has 6 unspecified atom stereocenters. The van der Waals surface area contributed by atoms with Crippen molar-refractivity contribution in [3.8, 4) is 0 Å². The van der Waals surface area contributed by atoms with E-state index < -0.39 is 0 Å². The summed E-state index contributed by atoms with van der Waals surface area (Å²) in [5.74, 6) is 1.35. The minimum Gasteiger partial charge on any atom is -0.465 e. The van der Waals surface area contributed by atoms with Gasteiger partial charge in [0.15, 0.2) is 0 Å². The molecule has 0 aromatic rings.